The fraction of sp³-hybridized carbons (Fsp3) is 0.194. The summed E-state index contributed by atoms with van der Waals surface area (Å²) in [5.41, 5.74) is 4.58. The normalized spacial score (nSPS) is 11.3. The van der Waals surface area contributed by atoms with Crippen LogP contribution in [0.4, 0.5) is 5.69 Å². The second-order valence-electron chi connectivity index (χ2n) is 9.69. The summed E-state index contributed by atoms with van der Waals surface area (Å²) in [6.45, 7) is 4.98. The number of hydrogen-bond donors (Lipinski definition) is 2. The Kier molecular flexibility index (Phi) is 9.14. The lowest BCUT2D eigenvalue weighted by atomic mass is 10.1. The van der Waals surface area contributed by atoms with Gasteiger partial charge in [-0.2, -0.15) is 0 Å². The molecule has 9 heteroatoms. The van der Waals surface area contributed by atoms with Crippen LogP contribution in [0.5, 0.6) is 11.5 Å². The molecule has 0 aliphatic heterocycles. The molecule has 7 nitrogen and oxygen atoms in total. The summed E-state index contributed by atoms with van der Waals surface area (Å²) < 4.78 is 31.6. The molecule has 0 amide bonds. The van der Waals surface area contributed by atoms with E-state index < -0.39 is 20.9 Å². The van der Waals surface area contributed by atoms with E-state index in [9.17, 15) is 18.3 Å². The Balaban J connectivity index is 1.82. The van der Waals surface area contributed by atoms with Crippen LogP contribution in [-0.2, 0) is 22.9 Å². The van der Waals surface area contributed by atoms with Gasteiger partial charge in [0.15, 0.2) is 5.75 Å². The van der Waals surface area contributed by atoms with Gasteiger partial charge in [-0.15, -0.1) is 0 Å². The number of nitrogens with zero attached hydrogens (tertiary/aromatic N) is 1. The highest BCUT2D eigenvalue weighted by Crippen LogP contribution is 2.40. The molecule has 4 aromatic rings. The maximum absolute atomic E-state index is 12.7. The average molecular weight is 579 g/mol. The molecule has 3 N–H and O–H groups in total. The molecule has 0 aromatic heterocycles. The molecule has 0 radical (unpaired) electrons. The molecule has 208 valence electrons. The molecule has 0 aliphatic rings. The number of aromatic carboxylic acids is 1. The molecule has 0 saturated heterocycles. The fourth-order valence-electron chi connectivity index (χ4n) is 4.27. The van der Waals surface area contributed by atoms with Gasteiger partial charge < -0.3 is 14.7 Å². The number of anilines is 1. The van der Waals surface area contributed by atoms with E-state index in [2.05, 4.69) is 0 Å². The Labute approximate surface area is 239 Å². The zero-order chi connectivity index (χ0) is 28.9. The molecule has 0 saturated carbocycles. The number of hydrogen-bond acceptors (Lipinski definition) is 5. The van der Waals surface area contributed by atoms with E-state index in [0.717, 1.165) is 28.3 Å². The molecule has 0 fully saturated rings. The molecule has 0 unspecified atom stereocenters. The number of halogens is 1. The highest BCUT2D eigenvalue weighted by Gasteiger charge is 2.26. The second-order valence-corrected chi connectivity index (χ2v) is 11.7. The number of carboxylic acid groups (broad SMARTS) is 1. The SMILES string of the molecule is Cc1ccc(CCN(CCc2ccc(C)cc2)c2cc(C(=O)O)cc(S(N)(=O)=O)c2Oc2ccc(Cl)cc2)cc1. The Hall–Kier alpha value is -3.85. The minimum Gasteiger partial charge on any atom is -0.478 e. The van der Waals surface area contributed by atoms with E-state index in [0.29, 0.717) is 42.4 Å². The van der Waals surface area contributed by atoms with Crippen molar-refractivity contribution in [1.82, 2.24) is 0 Å². The molecule has 0 aliphatic carbocycles. The molecule has 4 rings (SSSR count). The van der Waals surface area contributed by atoms with Crippen molar-refractivity contribution in [2.75, 3.05) is 18.0 Å². The third-order valence-electron chi connectivity index (χ3n) is 6.54. The van der Waals surface area contributed by atoms with Crippen molar-refractivity contribution in [3.63, 3.8) is 0 Å². The minimum atomic E-state index is -4.36. The van der Waals surface area contributed by atoms with Crippen LogP contribution in [0.25, 0.3) is 0 Å². The average Bonchev–Trinajstić information content (AvgIpc) is 2.91. The topological polar surface area (TPSA) is 110 Å². The second kappa shape index (κ2) is 12.6. The van der Waals surface area contributed by atoms with Crippen LogP contribution in [0.3, 0.4) is 0 Å². The molecular formula is C31H31ClN2O5S. The number of primary sulfonamides is 1. The number of benzene rings is 4. The predicted octanol–water partition coefficient (Wildman–Crippen LogP) is 6.39. The third-order valence-corrected chi connectivity index (χ3v) is 7.71. The summed E-state index contributed by atoms with van der Waals surface area (Å²) in [6.07, 6.45) is 1.27. The van der Waals surface area contributed by atoms with E-state index in [1.165, 1.54) is 6.07 Å². The first-order valence-corrected chi connectivity index (χ1v) is 14.7. The first-order valence-electron chi connectivity index (χ1n) is 12.7. The van der Waals surface area contributed by atoms with Crippen molar-refractivity contribution in [2.45, 2.75) is 31.6 Å². The number of sulfonamides is 1. The number of carboxylic acids is 1. The monoisotopic (exact) mass is 578 g/mol. The number of aryl methyl sites for hydroxylation is 2. The van der Waals surface area contributed by atoms with E-state index in [1.54, 1.807) is 24.3 Å². The lowest BCUT2D eigenvalue weighted by molar-refractivity contribution is 0.0696. The van der Waals surface area contributed by atoms with Crippen LogP contribution in [0, 0.1) is 13.8 Å². The zero-order valence-corrected chi connectivity index (χ0v) is 23.9. The first kappa shape index (κ1) is 29.1. The lowest BCUT2D eigenvalue weighted by Gasteiger charge is -2.28. The third kappa shape index (κ3) is 7.63. The number of rotatable bonds is 11. The summed E-state index contributed by atoms with van der Waals surface area (Å²) >= 11 is 6.03. The van der Waals surface area contributed by atoms with Gasteiger partial charge in [-0.25, -0.2) is 18.4 Å². The summed E-state index contributed by atoms with van der Waals surface area (Å²) in [7, 11) is -4.36. The molecule has 4 aromatic carbocycles. The highest BCUT2D eigenvalue weighted by atomic mass is 35.5. The van der Waals surface area contributed by atoms with Crippen molar-refractivity contribution in [3.8, 4) is 11.5 Å². The van der Waals surface area contributed by atoms with Gasteiger partial charge in [0, 0.05) is 18.1 Å². The maximum Gasteiger partial charge on any atom is 0.335 e. The van der Waals surface area contributed by atoms with E-state index in [4.69, 9.17) is 21.5 Å². The van der Waals surface area contributed by atoms with Crippen molar-refractivity contribution < 1.29 is 23.1 Å². The Morgan fingerprint density at radius 1 is 0.850 bits per heavy atom. The van der Waals surface area contributed by atoms with Crippen molar-refractivity contribution >= 4 is 33.3 Å². The van der Waals surface area contributed by atoms with E-state index in [1.807, 2.05) is 67.3 Å². The predicted molar refractivity (Wildman–Crippen MR) is 158 cm³/mol. The minimum absolute atomic E-state index is 0.0392. The Morgan fingerprint density at radius 2 is 1.35 bits per heavy atom. The summed E-state index contributed by atoms with van der Waals surface area (Å²) in [6, 6.07) is 25.2. The first-order chi connectivity index (χ1) is 19.0. The van der Waals surface area contributed by atoms with Gasteiger partial charge in [-0.05, 0) is 74.2 Å². The van der Waals surface area contributed by atoms with Crippen LogP contribution >= 0.6 is 11.6 Å². The molecular weight excluding hydrogens is 548 g/mol. The van der Waals surface area contributed by atoms with Crippen LogP contribution in [0.1, 0.15) is 32.6 Å². The quantitative estimate of drug-likeness (QED) is 0.213. The van der Waals surface area contributed by atoms with Gasteiger partial charge in [0.25, 0.3) is 0 Å². The molecule has 0 bridgehead atoms. The molecule has 0 spiro atoms. The Bertz CT molecular complexity index is 1540. The van der Waals surface area contributed by atoms with Gasteiger partial charge in [-0.1, -0.05) is 71.3 Å². The summed E-state index contributed by atoms with van der Waals surface area (Å²) in [4.78, 5) is 13.6. The van der Waals surface area contributed by atoms with Crippen molar-refractivity contribution in [1.29, 1.82) is 0 Å². The molecule has 40 heavy (non-hydrogen) atoms. The molecule has 0 atom stereocenters. The smallest absolute Gasteiger partial charge is 0.335 e. The van der Waals surface area contributed by atoms with Gasteiger partial charge in [0.1, 0.15) is 10.6 Å². The summed E-state index contributed by atoms with van der Waals surface area (Å²) in [5.74, 6) is -0.987. The highest BCUT2D eigenvalue weighted by molar-refractivity contribution is 7.89. The standard InChI is InChI=1S/C31H31ClN2O5S/c1-21-3-7-23(8-4-21)15-17-34(18-16-24-9-5-22(2)6-10-24)28-19-25(31(35)36)20-29(40(33,37)38)30(28)39-27-13-11-26(32)12-14-27/h3-14,19-20H,15-18H2,1-2H3,(H,35,36)(H2,33,37,38). The van der Waals surface area contributed by atoms with E-state index in [-0.39, 0.29) is 11.3 Å². The largest absolute Gasteiger partial charge is 0.478 e. The Morgan fingerprint density at radius 3 is 1.80 bits per heavy atom. The number of ether oxygens (including phenoxy) is 1. The number of carbonyl (C=O) groups is 1. The van der Waals surface area contributed by atoms with Crippen molar-refractivity contribution in [3.05, 3.63) is 118 Å². The van der Waals surface area contributed by atoms with Gasteiger partial charge >= 0.3 is 5.97 Å². The van der Waals surface area contributed by atoms with Gasteiger partial charge in [-0.3, -0.25) is 0 Å². The van der Waals surface area contributed by atoms with Crippen LogP contribution in [0.15, 0.2) is 89.8 Å². The fourth-order valence-corrected chi connectivity index (χ4v) is 5.09. The van der Waals surface area contributed by atoms with Crippen LogP contribution in [0.2, 0.25) is 5.02 Å². The van der Waals surface area contributed by atoms with Crippen LogP contribution in [-0.4, -0.2) is 32.6 Å². The van der Waals surface area contributed by atoms with Gasteiger partial charge in [0.05, 0.1) is 11.3 Å². The van der Waals surface area contributed by atoms with Crippen LogP contribution < -0.4 is 14.8 Å². The zero-order valence-electron chi connectivity index (χ0n) is 22.3. The summed E-state index contributed by atoms with van der Waals surface area (Å²) in [5, 5.41) is 15.9. The van der Waals surface area contributed by atoms with Crippen molar-refractivity contribution in [2.24, 2.45) is 5.14 Å². The maximum atomic E-state index is 12.7. The van der Waals surface area contributed by atoms with Gasteiger partial charge in [0.2, 0.25) is 10.0 Å². The van der Waals surface area contributed by atoms with E-state index >= 15 is 0 Å². The number of nitrogens with two attached hydrogens (primary N) is 1. The lowest BCUT2D eigenvalue weighted by Crippen LogP contribution is -2.29. The molecule has 0 heterocycles.